The Morgan fingerprint density at radius 1 is 1.32 bits per heavy atom. The topological polar surface area (TPSA) is 57.0 Å². The summed E-state index contributed by atoms with van der Waals surface area (Å²) < 4.78 is 6.69. The lowest BCUT2D eigenvalue weighted by atomic mass is 10.1. The van der Waals surface area contributed by atoms with Crippen LogP contribution in [-0.4, -0.2) is 27.9 Å². The largest absolute Gasteiger partial charge is 0.497 e. The number of benzene rings is 1. The molecule has 0 aliphatic heterocycles. The lowest BCUT2D eigenvalue weighted by Crippen LogP contribution is -2.04. The van der Waals surface area contributed by atoms with Crippen molar-refractivity contribution in [3.05, 3.63) is 41.7 Å². The molecule has 1 aromatic carbocycles. The van der Waals surface area contributed by atoms with E-state index in [-0.39, 0.29) is 5.78 Å². The zero-order valence-corrected chi connectivity index (χ0v) is 11.2. The maximum Gasteiger partial charge on any atom is 0.139 e. The van der Waals surface area contributed by atoms with Gasteiger partial charge in [0.1, 0.15) is 11.5 Å². The molecular formula is C14H17N3O2. The smallest absolute Gasteiger partial charge is 0.139 e. The summed E-state index contributed by atoms with van der Waals surface area (Å²) in [5.41, 5.74) is 1.86. The second-order valence-electron chi connectivity index (χ2n) is 4.45. The summed E-state index contributed by atoms with van der Waals surface area (Å²) in [5.74, 6) is 1.01. The molecule has 0 saturated carbocycles. The molecule has 19 heavy (non-hydrogen) atoms. The summed E-state index contributed by atoms with van der Waals surface area (Å²) in [6.07, 6.45) is 3.38. The van der Waals surface area contributed by atoms with Crippen LogP contribution in [-0.2, 0) is 24.7 Å². The molecule has 0 amide bonds. The quantitative estimate of drug-likeness (QED) is 0.790. The lowest BCUT2D eigenvalue weighted by Gasteiger charge is -2.02. The molecule has 1 aromatic heterocycles. The molecule has 0 fully saturated rings. The van der Waals surface area contributed by atoms with Crippen LogP contribution in [0.1, 0.15) is 17.7 Å². The molecule has 2 rings (SSSR count). The highest BCUT2D eigenvalue weighted by molar-refractivity contribution is 5.80. The Bertz CT molecular complexity index is 546. The Labute approximate surface area is 112 Å². The van der Waals surface area contributed by atoms with Gasteiger partial charge in [0.15, 0.2) is 0 Å². The molecule has 0 bridgehead atoms. The van der Waals surface area contributed by atoms with E-state index < -0.39 is 0 Å². The highest BCUT2D eigenvalue weighted by atomic mass is 16.5. The first-order valence-electron chi connectivity index (χ1n) is 6.17. The van der Waals surface area contributed by atoms with E-state index in [1.807, 2.05) is 24.3 Å². The number of Topliss-reactive ketones (excluding diaryl/α,β-unsaturated/α-hetero) is 1. The Morgan fingerprint density at radius 3 is 2.63 bits per heavy atom. The van der Waals surface area contributed by atoms with Crippen molar-refractivity contribution in [2.75, 3.05) is 7.11 Å². The van der Waals surface area contributed by atoms with Gasteiger partial charge in [-0.15, -0.1) is 5.10 Å². The summed E-state index contributed by atoms with van der Waals surface area (Å²) in [7, 11) is 3.43. The first-order chi connectivity index (χ1) is 9.17. The third kappa shape index (κ3) is 3.91. The van der Waals surface area contributed by atoms with E-state index >= 15 is 0 Å². The van der Waals surface area contributed by atoms with Gasteiger partial charge in [-0.05, 0) is 24.1 Å². The molecule has 5 nitrogen and oxygen atoms in total. The van der Waals surface area contributed by atoms with Gasteiger partial charge in [0.25, 0.3) is 0 Å². The maximum absolute atomic E-state index is 11.8. The first-order valence-corrected chi connectivity index (χ1v) is 6.17. The van der Waals surface area contributed by atoms with Crippen molar-refractivity contribution < 1.29 is 9.53 Å². The number of aryl methyl sites for hydroxylation is 2. The second-order valence-corrected chi connectivity index (χ2v) is 4.45. The Balaban J connectivity index is 1.82. The molecule has 0 N–H and O–H groups in total. The van der Waals surface area contributed by atoms with Gasteiger partial charge in [-0.2, -0.15) is 0 Å². The van der Waals surface area contributed by atoms with Gasteiger partial charge in [-0.3, -0.25) is 9.48 Å². The van der Waals surface area contributed by atoms with Crippen molar-refractivity contribution in [1.29, 1.82) is 0 Å². The molecule has 0 radical (unpaired) electrons. The molecule has 5 heteroatoms. The van der Waals surface area contributed by atoms with Gasteiger partial charge >= 0.3 is 0 Å². The minimum absolute atomic E-state index is 0.177. The van der Waals surface area contributed by atoms with Crippen LogP contribution in [0.5, 0.6) is 5.75 Å². The van der Waals surface area contributed by atoms with Crippen LogP contribution >= 0.6 is 0 Å². The van der Waals surface area contributed by atoms with Gasteiger partial charge in [0.05, 0.1) is 19.2 Å². The van der Waals surface area contributed by atoms with Gasteiger partial charge in [-0.25, -0.2) is 0 Å². The van der Waals surface area contributed by atoms with Crippen molar-refractivity contribution in [2.24, 2.45) is 7.05 Å². The highest BCUT2D eigenvalue weighted by Crippen LogP contribution is 2.13. The van der Waals surface area contributed by atoms with Crippen LogP contribution in [0.3, 0.4) is 0 Å². The number of carbonyl (C=O) groups is 1. The molecule has 100 valence electrons. The third-order valence-electron chi connectivity index (χ3n) is 2.88. The normalized spacial score (nSPS) is 10.4. The fourth-order valence-electron chi connectivity index (χ4n) is 1.84. The van der Waals surface area contributed by atoms with Gasteiger partial charge in [0, 0.05) is 19.7 Å². The molecule has 0 aliphatic rings. The first kappa shape index (κ1) is 13.3. The van der Waals surface area contributed by atoms with E-state index in [0.29, 0.717) is 12.8 Å². The molecular weight excluding hydrogens is 242 g/mol. The van der Waals surface area contributed by atoms with Gasteiger partial charge in [0.2, 0.25) is 0 Å². The molecule has 0 unspecified atom stereocenters. The monoisotopic (exact) mass is 259 g/mol. The predicted molar refractivity (Wildman–Crippen MR) is 71.0 cm³/mol. The van der Waals surface area contributed by atoms with Crippen LogP contribution in [0.2, 0.25) is 0 Å². The summed E-state index contributed by atoms with van der Waals surface area (Å²) in [5, 5.41) is 7.72. The van der Waals surface area contributed by atoms with E-state index in [1.165, 1.54) is 0 Å². The molecule has 0 saturated heterocycles. The Hall–Kier alpha value is -2.17. The Kier molecular flexibility index (Phi) is 4.28. The zero-order chi connectivity index (χ0) is 13.7. The lowest BCUT2D eigenvalue weighted by molar-refractivity contribution is -0.118. The summed E-state index contributed by atoms with van der Waals surface area (Å²) >= 11 is 0. The fraction of sp³-hybridized carbons (Fsp3) is 0.357. The van der Waals surface area contributed by atoms with Gasteiger partial charge in [-0.1, -0.05) is 17.3 Å². The third-order valence-corrected chi connectivity index (χ3v) is 2.88. The second kappa shape index (κ2) is 6.13. The highest BCUT2D eigenvalue weighted by Gasteiger charge is 2.07. The number of aromatic nitrogens is 3. The van der Waals surface area contributed by atoms with Crippen LogP contribution in [0.4, 0.5) is 0 Å². The number of carbonyl (C=O) groups excluding carboxylic acids is 1. The standard InChI is InChI=1S/C14H17N3O2/c1-17-10-12(15-16-17)9-13(18)6-3-11-4-7-14(19-2)8-5-11/h4-5,7-8,10H,3,6,9H2,1-2H3. The van der Waals surface area contributed by atoms with Crippen molar-refractivity contribution >= 4 is 5.78 Å². The van der Waals surface area contributed by atoms with Crippen LogP contribution < -0.4 is 4.74 Å². The van der Waals surface area contributed by atoms with Crippen LogP contribution in [0.15, 0.2) is 30.5 Å². The average Bonchev–Trinajstić information content (AvgIpc) is 2.82. The Morgan fingerprint density at radius 2 is 2.05 bits per heavy atom. The maximum atomic E-state index is 11.8. The SMILES string of the molecule is COc1ccc(CCC(=O)Cc2cn(C)nn2)cc1. The van der Waals surface area contributed by atoms with Crippen LogP contribution in [0.25, 0.3) is 0 Å². The number of hydrogen-bond acceptors (Lipinski definition) is 4. The fourth-order valence-corrected chi connectivity index (χ4v) is 1.84. The number of nitrogens with zero attached hydrogens (tertiary/aromatic N) is 3. The molecule has 0 aliphatic carbocycles. The van der Waals surface area contributed by atoms with E-state index in [9.17, 15) is 4.79 Å². The number of hydrogen-bond donors (Lipinski definition) is 0. The van der Waals surface area contributed by atoms with Gasteiger partial charge < -0.3 is 4.74 Å². The molecule has 1 heterocycles. The van der Waals surface area contributed by atoms with E-state index in [2.05, 4.69) is 10.3 Å². The minimum Gasteiger partial charge on any atom is -0.497 e. The van der Waals surface area contributed by atoms with Crippen molar-refractivity contribution in [1.82, 2.24) is 15.0 Å². The minimum atomic E-state index is 0.177. The average molecular weight is 259 g/mol. The number of rotatable bonds is 6. The molecule has 0 atom stereocenters. The molecule has 0 spiro atoms. The number of methoxy groups -OCH3 is 1. The summed E-state index contributed by atoms with van der Waals surface area (Å²) in [6.45, 7) is 0. The van der Waals surface area contributed by atoms with Crippen molar-refractivity contribution in [3.63, 3.8) is 0 Å². The molecule has 2 aromatic rings. The zero-order valence-electron chi connectivity index (χ0n) is 11.2. The summed E-state index contributed by atoms with van der Waals surface area (Å²) in [4.78, 5) is 11.8. The predicted octanol–water partition coefficient (Wildman–Crippen LogP) is 1.57. The number of ether oxygens (including phenoxy) is 1. The van der Waals surface area contributed by atoms with E-state index in [0.717, 1.165) is 23.4 Å². The van der Waals surface area contributed by atoms with Crippen molar-refractivity contribution in [2.45, 2.75) is 19.3 Å². The van der Waals surface area contributed by atoms with E-state index in [4.69, 9.17) is 4.74 Å². The van der Waals surface area contributed by atoms with E-state index in [1.54, 1.807) is 25.0 Å². The number of ketones is 1. The summed E-state index contributed by atoms with van der Waals surface area (Å²) in [6, 6.07) is 7.77. The van der Waals surface area contributed by atoms with Crippen molar-refractivity contribution in [3.8, 4) is 5.75 Å². The van der Waals surface area contributed by atoms with Crippen LogP contribution in [0, 0.1) is 0 Å².